The summed E-state index contributed by atoms with van der Waals surface area (Å²) in [7, 11) is 0. The standard InChI is InChI=1S/C13H18N6O/c1-4-9-10(5-2)16-17-13(11(9)12(14)18-20)19-7-8(3)6-15-19/h6-7,20H,4-5H2,1-3H3,(H2,14,18). The Balaban J connectivity index is 2.74. The van der Waals surface area contributed by atoms with Crippen LogP contribution in [0.25, 0.3) is 5.82 Å². The maximum Gasteiger partial charge on any atom is 0.187 e. The summed E-state index contributed by atoms with van der Waals surface area (Å²) >= 11 is 0. The summed E-state index contributed by atoms with van der Waals surface area (Å²) in [6.07, 6.45) is 5.00. The van der Waals surface area contributed by atoms with E-state index in [0.29, 0.717) is 11.4 Å². The van der Waals surface area contributed by atoms with E-state index < -0.39 is 0 Å². The second-order valence-corrected chi connectivity index (χ2v) is 4.48. The second-order valence-electron chi connectivity index (χ2n) is 4.48. The molecule has 7 heteroatoms. The molecule has 0 radical (unpaired) electrons. The van der Waals surface area contributed by atoms with E-state index in [-0.39, 0.29) is 5.84 Å². The van der Waals surface area contributed by atoms with Gasteiger partial charge in [-0.05, 0) is 30.9 Å². The van der Waals surface area contributed by atoms with Gasteiger partial charge >= 0.3 is 0 Å². The van der Waals surface area contributed by atoms with E-state index in [1.54, 1.807) is 10.9 Å². The minimum absolute atomic E-state index is 0.0228. The van der Waals surface area contributed by atoms with E-state index >= 15 is 0 Å². The van der Waals surface area contributed by atoms with Crippen molar-refractivity contribution in [1.82, 2.24) is 20.0 Å². The van der Waals surface area contributed by atoms with Gasteiger partial charge < -0.3 is 10.9 Å². The molecule has 0 aromatic carbocycles. The van der Waals surface area contributed by atoms with E-state index in [2.05, 4.69) is 20.5 Å². The lowest BCUT2D eigenvalue weighted by Crippen LogP contribution is -2.22. The summed E-state index contributed by atoms with van der Waals surface area (Å²) in [5.41, 5.74) is 9.19. The SMILES string of the molecule is CCc1nnc(-n2cc(C)cn2)c(/C(N)=N/O)c1CC. The molecule has 106 valence electrons. The zero-order valence-corrected chi connectivity index (χ0v) is 11.8. The van der Waals surface area contributed by atoms with Gasteiger partial charge in [-0.3, -0.25) is 0 Å². The molecule has 20 heavy (non-hydrogen) atoms. The minimum atomic E-state index is 0.0228. The molecule has 0 aliphatic carbocycles. The van der Waals surface area contributed by atoms with Gasteiger partial charge in [-0.15, -0.1) is 5.10 Å². The molecule has 0 atom stereocenters. The summed E-state index contributed by atoms with van der Waals surface area (Å²) in [6.45, 7) is 5.93. The summed E-state index contributed by atoms with van der Waals surface area (Å²) in [5.74, 6) is 0.497. The maximum absolute atomic E-state index is 9.03. The third-order valence-electron chi connectivity index (χ3n) is 3.12. The number of amidine groups is 1. The topological polar surface area (TPSA) is 102 Å². The van der Waals surface area contributed by atoms with Crippen molar-refractivity contribution in [2.45, 2.75) is 33.6 Å². The molecule has 3 N–H and O–H groups in total. The zero-order chi connectivity index (χ0) is 14.7. The summed E-state index contributed by atoms with van der Waals surface area (Å²) in [4.78, 5) is 0. The van der Waals surface area contributed by atoms with Crippen molar-refractivity contribution < 1.29 is 5.21 Å². The average molecular weight is 274 g/mol. The maximum atomic E-state index is 9.03. The molecule has 0 bridgehead atoms. The number of nitrogens with two attached hydrogens (primary N) is 1. The molecule has 0 aliphatic heterocycles. The van der Waals surface area contributed by atoms with Crippen molar-refractivity contribution >= 4 is 5.84 Å². The Kier molecular flexibility index (Phi) is 3.97. The second kappa shape index (κ2) is 5.68. The third-order valence-corrected chi connectivity index (χ3v) is 3.12. The normalized spacial score (nSPS) is 11.8. The predicted molar refractivity (Wildman–Crippen MR) is 75.2 cm³/mol. The smallest absolute Gasteiger partial charge is 0.187 e. The van der Waals surface area contributed by atoms with Gasteiger partial charge in [-0.1, -0.05) is 19.0 Å². The van der Waals surface area contributed by atoms with Crippen LogP contribution in [0.5, 0.6) is 0 Å². The quantitative estimate of drug-likeness (QED) is 0.377. The van der Waals surface area contributed by atoms with Crippen LogP contribution in [0.15, 0.2) is 17.5 Å². The van der Waals surface area contributed by atoms with Crippen molar-refractivity contribution in [3.05, 3.63) is 34.8 Å². The number of hydrogen-bond donors (Lipinski definition) is 2. The Bertz CT molecular complexity index is 646. The number of hydrogen-bond acceptors (Lipinski definition) is 5. The molecule has 0 spiro atoms. The first-order valence-corrected chi connectivity index (χ1v) is 6.50. The largest absolute Gasteiger partial charge is 0.409 e. The molecule has 2 heterocycles. The number of aromatic nitrogens is 4. The molecule has 7 nitrogen and oxygen atoms in total. The molecular weight excluding hydrogens is 256 g/mol. The number of nitrogens with zero attached hydrogens (tertiary/aromatic N) is 5. The summed E-state index contributed by atoms with van der Waals surface area (Å²) < 4.78 is 1.59. The first kappa shape index (κ1) is 14.0. The van der Waals surface area contributed by atoms with Gasteiger partial charge in [0.25, 0.3) is 0 Å². The van der Waals surface area contributed by atoms with Crippen LogP contribution in [-0.2, 0) is 12.8 Å². The van der Waals surface area contributed by atoms with Crippen molar-refractivity contribution in [2.24, 2.45) is 10.9 Å². The van der Waals surface area contributed by atoms with Crippen LogP contribution in [0.3, 0.4) is 0 Å². The number of rotatable bonds is 4. The molecule has 0 amide bonds. The highest BCUT2D eigenvalue weighted by molar-refractivity contribution is 6.01. The van der Waals surface area contributed by atoms with Gasteiger partial charge in [0, 0.05) is 6.20 Å². The molecule has 2 aromatic rings. The van der Waals surface area contributed by atoms with Crippen molar-refractivity contribution in [2.75, 3.05) is 0 Å². The molecule has 0 fully saturated rings. The van der Waals surface area contributed by atoms with Gasteiger partial charge in [-0.2, -0.15) is 10.2 Å². The van der Waals surface area contributed by atoms with Crippen molar-refractivity contribution in [1.29, 1.82) is 0 Å². The third kappa shape index (κ3) is 2.34. The molecule has 0 saturated heterocycles. The zero-order valence-electron chi connectivity index (χ0n) is 11.8. The van der Waals surface area contributed by atoms with Gasteiger partial charge in [0.1, 0.15) is 0 Å². The van der Waals surface area contributed by atoms with Crippen molar-refractivity contribution in [3.8, 4) is 5.82 Å². The van der Waals surface area contributed by atoms with E-state index in [0.717, 1.165) is 29.7 Å². The molecular formula is C13H18N6O. The van der Waals surface area contributed by atoms with Crippen LogP contribution in [-0.4, -0.2) is 31.0 Å². The first-order valence-electron chi connectivity index (χ1n) is 6.50. The van der Waals surface area contributed by atoms with E-state index in [4.69, 9.17) is 10.9 Å². The van der Waals surface area contributed by atoms with Crippen LogP contribution < -0.4 is 5.73 Å². The highest BCUT2D eigenvalue weighted by atomic mass is 16.4. The number of aryl methyl sites for hydroxylation is 2. The Morgan fingerprint density at radius 2 is 2.10 bits per heavy atom. The van der Waals surface area contributed by atoms with Crippen LogP contribution in [0, 0.1) is 6.92 Å². The van der Waals surface area contributed by atoms with Crippen LogP contribution in [0.4, 0.5) is 0 Å². The summed E-state index contributed by atoms with van der Waals surface area (Å²) in [6, 6.07) is 0. The average Bonchev–Trinajstić information content (AvgIpc) is 2.91. The van der Waals surface area contributed by atoms with Crippen LogP contribution in [0.1, 0.15) is 36.2 Å². The van der Waals surface area contributed by atoms with Gasteiger partial charge in [0.2, 0.25) is 0 Å². The van der Waals surface area contributed by atoms with Gasteiger partial charge in [0.15, 0.2) is 11.7 Å². The van der Waals surface area contributed by atoms with Crippen LogP contribution in [0.2, 0.25) is 0 Å². The highest BCUT2D eigenvalue weighted by Crippen LogP contribution is 2.20. The predicted octanol–water partition coefficient (Wildman–Crippen LogP) is 1.19. The molecule has 2 aromatic heterocycles. The fourth-order valence-corrected chi connectivity index (χ4v) is 2.17. The lowest BCUT2D eigenvalue weighted by molar-refractivity contribution is 0.318. The molecule has 0 unspecified atom stereocenters. The fourth-order valence-electron chi connectivity index (χ4n) is 2.17. The highest BCUT2D eigenvalue weighted by Gasteiger charge is 2.19. The van der Waals surface area contributed by atoms with Crippen molar-refractivity contribution in [3.63, 3.8) is 0 Å². The van der Waals surface area contributed by atoms with Crippen LogP contribution >= 0.6 is 0 Å². The Morgan fingerprint density at radius 1 is 1.35 bits per heavy atom. The monoisotopic (exact) mass is 274 g/mol. The summed E-state index contributed by atoms with van der Waals surface area (Å²) in [5, 5.41) is 24.8. The van der Waals surface area contributed by atoms with E-state index in [9.17, 15) is 0 Å². The van der Waals surface area contributed by atoms with E-state index in [1.807, 2.05) is 27.0 Å². The Labute approximate surface area is 117 Å². The Morgan fingerprint density at radius 3 is 2.60 bits per heavy atom. The van der Waals surface area contributed by atoms with Gasteiger partial charge in [-0.25, -0.2) is 4.68 Å². The molecule has 0 saturated carbocycles. The lowest BCUT2D eigenvalue weighted by Gasteiger charge is -2.14. The number of oxime groups is 1. The minimum Gasteiger partial charge on any atom is -0.409 e. The lowest BCUT2D eigenvalue weighted by atomic mass is 10.0. The van der Waals surface area contributed by atoms with E-state index in [1.165, 1.54) is 0 Å². The molecule has 2 rings (SSSR count). The molecule has 0 aliphatic rings. The van der Waals surface area contributed by atoms with Gasteiger partial charge in [0.05, 0.1) is 17.5 Å². The fraction of sp³-hybridized carbons (Fsp3) is 0.385. The first-order chi connectivity index (χ1) is 9.62. The Hall–Kier alpha value is -2.44.